The standard InChI is InChI=1S/C22H31N3O/c1-3-20(4-2)23-22(26)17-25-14-12-24(13-15-25)16-19-10-7-9-18-8-5-6-11-21(18)19/h5-11,20H,3-4,12-17H2,1-2H3,(H,23,26). The number of fused-ring (bicyclic) bond motifs is 1. The molecular weight excluding hydrogens is 322 g/mol. The smallest absolute Gasteiger partial charge is 0.234 e. The Bertz CT molecular complexity index is 713. The molecule has 0 unspecified atom stereocenters. The minimum atomic E-state index is 0.168. The van der Waals surface area contributed by atoms with Crippen molar-refractivity contribution in [2.75, 3.05) is 32.7 Å². The fraction of sp³-hybridized carbons (Fsp3) is 0.500. The van der Waals surface area contributed by atoms with E-state index < -0.39 is 0 Å². The zero-order chi connectivity index (χ0) is 18.4. The van der Waals surface area contributed by atoms with Crippen LogP contribution in [0, 0.1) is 0 Å². The molecule has 0 radical (unpaired) electrons. The van der Waals surface area contributed by atoms with E-state index in [0.29, 0.717) is 12.6 Å². The van der Waals surface area contributed by atoms with Crippen LogP contribution in [-0.4, -0.2) is 54.5 Å². The summed E-state index contributed by atoms with van der Waals surface area (Å²) in [5.74, 6) is 0.168. The van der Waals surface area contributed by atoms with E-state index in [4.69, 9.17) is 0 Å². The molecule has 0 aliphatic carbocycles. The van der Waals surface area contributed by atoms with Crippen molar-refractivity contribution in [1.29, 1.82) is 0 Å². The third-order valence-electron chi connectivity index (χ3n) is 5.46. The Morgan fingerprint density at radius 2 is 1.62 bits per heavy atom. The van der Waals surface area contributed by atoms with Gasteiger partial charge in [-0.15, -0.1) is 0 Å². The van der Waals surface area contributed by atoms with E-state index >= 15 is 0 Å². The van der Waals surface area contributed by atoms with Gasteiger partial charge in [0.2, 0.25) is 5.91 Å². The molecule has 0 saturated carbocycles. The average molecular weight is 354 g/mol. The molecule has 1 saturated heterocycles. The zero-order valence-corrected chi connectivity index (χ0v) is 16.1. The van der Waals surface area contributed by atoms with Crippen LogP contribution >= 0.6 is 0 Å². The maximum absolute atomic E-state index is 12.2. The molecule has 2 aromatic rings. The predicted molar refractivity (Wildman–Crippen MR) is 108 cm³/mol. The van der Waals surface area contributed by atoms with E-state index in [-0.39, 0.29) is 5.91 Å². The van der Waals surface area contributed by atoms with Crippen LogP contribution in [0.15, 0.2) is 42.5 Å². The van der Waals surface area contributed by atoms with Crippen molar-refractivity contribution in [3.8, 4) is 0 Å². The van der Waals surface area contributed by atoms with Gasteiger partial charge in [-0.3, -0.25) is 14.6 Å². The monoisotopic (exact) mass is 353 g/mol. The van der Waals surface area contributed by atoms with Gasteiger partial charge in [-0.25, -0.2) is 0 Å². The largest absolute Gasteiger partial charge is 0.352 e. The number of nitrogens with one attached hydrogen (secondary N) is 1. The number of nitrogens with zero attached hydrogens (tertiary/aromatic N) is 2. The van der Waals surface area contributed by atoms with Crippen molar-refractivity contribution in [3.05, 3.63) is 48.0 Å². The van der Waals surface area contributed by atoms with Crippen LogP contribution in [-0.2, 0) is 11.3 Å². The highest BCUT2D eigenvalue weighted by Crippen LogP contribution is 2.20. The Balaban J connectivity index is 1.50. The lowest BCUT2D eigenvalue weighted by atomic mass is 10.0. The van der Waals surface area contributed by atoms with Crippen molar-refractivity contribution in [3.63, 3.8) is 0 Å². The van der Waals surface area contributed by atoms with Crippen molar-refractivity contribution < 1.29 is 4.79 Å². The molecular formula is C22H31N3O. The average Bonchev–Trinajstić information content (AvgIpc) is 2.68. The fourth-order valence-electron chi connectivity index (χ4n) is 3.75. The molecule has 1 aliphatic rings. The quantitative estimate of drug-likeness (QED) is 0.830. The van der Waals surface area contributed by atoms with E-state index in [2.05, 4.69) is 71.4 Å². The second kappa shape index (κ2) is 9.15. The topological polar surface area (TPSA) is 35.6 Å². The summed E-state index contributed by atoms with van der Waals surface area (Å²) in [5, 5.41) is 5.80. The molecule has 0 aromatic heterocycles. The van der Waals surface area contributed by atoms with Gasteiger partial charge >= 0.3 is 0 Å². The Morgan fingerprint density at radius 1 is 0.962 bits per heavy atom. The molecule has 1 amide bonds. The molecule has 4 nitrogen and oxygen atoms in total. The van der Waals surface area contributed by atoms with Crippen molar-refractivity contribution >= 4 is 16.7 Å². The summed E-state index contributed by atoms with van der Waals surface area (Å²) in [4.78, 5) is 17.0. The number of piperazine rings is 1. The molecule has 2 aromatic carbocycles. The summed E-state index contributed by atoms with van der Waals surface area (Å²) in [6, 6.07) is 15.5. The molecule has 0 atom stereocenters. The van der Waals surface area contributed by atoms with E-state index in [1.54, 1.807) is 0 Å². The lowest BCUT2D eigenvalue weighted by molar-refractivity contribution is -0.123. The molecule has 4 heteroatoms. The van der Waals surface area contributed by atoms with Gasteiger partial charge in [-0.1, -0.05) is 56.3 Å². The Hall–Kier alpha value is -1.91. The molecule has 1 N–H and O–H groups in total. The number of amides is 1. The minimum Gasteiger partial charge on any atom is -0.352 e. The molecule has 3 rings (SSSR count). The Labute approximate surface area is 157 Å². The number of hydrogen-bond acceptors (Lipinski definition) is 3. The summed E-state index contributed by atoms with van der Waals surface area (Å²) in [5.41, 5.74) is 1.39. The van der Waals surface area contributed by atoms with Gasteiger partial charge in [-0.2, -0.15) is 0 Å². The first-order chi connectivity index (χ1) is 12.7. The lowest BCUT2D eigenvalue weighted by Crippen LogP contribution is -2.50. The lowest BCUT2D eigenvalue weighted by Gasteiger charge is -2.34. The number of benzene rings is 2. The van der Waals surface area contributed by atoms with Crippen LogP contribution in [0.2, 0.25) is 0 Å². The first-order valence-electron chi connectivity index (χ1n) is 9.90. The number of carbonyl (C=O) groups is 1. The summed E-state index contributed by atoms with van der Waals surface area (Å²) in [6.07, 6.45) is 2.00. The predicted octanol–water partition coefficient (Wildman–Crippen LogP) is 3.26. The molecule has 0 bridgehead atoms. The van der Waals surface area contributed by atoms with Crippen molar-refractivity contribution in [2.24, 2.45) is 0 Å². The zero-order valence-electron chi connectivity index (χ0n) is 16.1. The number of hydrogen-bond donors (Lipinski definition) is 1. The highest BCUT2D eigenvalue weighted by Gasteiger charge is 2.20. The number of carbonyl (C=O) groups excluding carboxylic acids is 1. The van der Waals surface area contributed by atoms with Crippen LogP contribution in [0.4, 0.5) is 0 Å². The molecule has 26 heavy (non-hydrogen) atoms. The van der Waals surface area contributed by atoms with Gasteiger partial charge in [0.1, 0.15) is 0 Å². The second-order valence-electron chi connectivity index (χ2n) is 7.27. The SMILES string of the molecule is CCC(CC)NC(=O)CN1CCN(Cc2cccc3ccccc23)CC1. The van der Waals surface area contributed by atoms with Gasteiger partial charge in [0.15, 0.2) is 0 Å². The molecule has 1 aliphatic heterocycles. The van der Waals surface area contributed by atoms with Gasteiger partial charge in [0.25, 0.3) is 0 Å². The van der Waals surface area contributed by atoms with Crippen LogP contribution in [0.25, 0.3) is 10.8 Å². The molecule has 0 spiro atoms. The highest BCUT2D eigenvalue weighted by atomic mass is 16.2. The molecule has 1 heterocycles. The fourth-order valence-corrected chi connectivity index (χ4v) is 3.75. The van der Waals surface area contributed by atoms with E-state index in [1.165, 1.54) is 16.3 Å². The number of rotatable bonds is 7. The Morgan fingerprint density at radius 3 is 2.35 bits per heavy atom. The van der Waals surface area contributed by atoms with Crippen LogP contribution in [0.5, 0.6) is 0 Å². The first kappa shape index (κ1) is 18.9. The summed E-state index contributed by atoms with van der Waals surface area (Å²) >= 11 is 0. The van der Waals surface area contributed by atoms with Crippen LogP contribution in [0.1, 0.15) is 32.3 Å². The maximum atomic E-state index is 12.2. The summed E-state index contributed by atoms with van der Waals surface area (Å²) in [7, 11) is 0. The Kier molecular flexibility index (Phi) is 6.64. The van der Waals surface area contributed by atoms with Gasteiger partial charge in [0.05, 0.1) is 6.54 Å². The van der Waals surface area contributed by atoms with Crippen LogP contribution < -0.4 is 5.32 Å². The highest BCUT2D eigenvalue weighted by molar-refractivity contribution is 5.85. The van der Waals surface area contributed by atoms with Gasteiger partial charge in [0, 0.05) is 38.8 Å². The van der Waals surface area contributed by atoms with Gasteiger partial charge < -0.3 is 5.32 Å². The van der Waals surface area contributed by atoms with E-state index in [1.807, 2.05) is 0 Å². The first-order valence-corrected chi connectivity index (χ1v) is 9.90. The summed E-state index contributed by atoms with van der Waals surface area (Å²) in [6.45, 7) is 9.71. The van der Waals surface area contributed by atoms with Crippen LogP contribution in [0.3, 0.4) is 0 Å². The van der Waals surface area contributed by atoms with Gasteiger partial charge in [-0.05, 0) is 29.2 Å². The molecule has 1 fully saturated rings. The van der Waals surface area contributed by atoms with E-state index in [0.717, 1.165) is 45.6 Å². The second-order valence-corrected chi connectivity index (χ2v) is 7.27. The van der Waals surface area contributed by atoms with E-state index in [9.17, 15) is 4.79 Å². The minimum absolute atomic E-state index is 0.168. The third-order valence-corrected chi connectivity index (χ3v) is 5.46. The van der Waals surface area contributed by atoms with Crippen molar-refractivity contribution in [2.45, 2.75) is 39.3 Å². The normalized spacial score (nSPS) is 16.3. The van der Waals surface area contributed by atoms with Crippen molar-refractivity contribution in [1.82, 2.24) is 15.1 Å². The third kappa shape index (κ3) is 4.83. The summed E-state index contributed by atoms with van der Waals surface area (Å²) < 4.78 is 0. The maximum Gasteiger partial charge on any atom is 0.234 e. The molecule has 140 valence electrons.